The number of anilines is 1. The fourth-order valence-corrected chi connectivity index (χ4v) is 6.50. The third-order valence-electron chi connectivity index (χ3n) is 4.56. The van der Waals surface area contributed by atoms with Gasteiger partial charge in [-0.25, -0.2) is 17.2 Å². The van der Waals surface area contributed by atoms with Crippen LogP contribution in [0.1, 0.15) is 5.56 Å². The van der Waals surface area contributed by atoms with Crippen LogP contribution < -0.4 is 4.90 Å². The number of aliphatic imine (C=N–C) groups is 1. The van der Waals surface area contributed by atoms with Gasteiger partial charge in [-0.15, -0.1) is 0 Å². The van der Waals surface area contributed by atoms with E-state index in [1.807, 2.05) is 24.3 Å². The highest BCUT2D eigenvalue weighted by molar-refractivity contribution is 9.10. The Balaban J connectivity index is 1.64. The van der Waals surface area contributed by atoms with Crippen LogP contribution in [0.2, 0.25) is 0 Å². The summed E-state index contributed by atoms with van der Waals surface area (Å²) in [6.45, 7) is 0. The molecule has 1 saturated heterocycles. The van der Waals surface area contributed by atoms with Crippen molar-refractivity contribution < 1.29 is 17.2 Å². The Kier molecular flexibility index (Phi) is 5.02. The molecule has 2 aromatic rings. The molecule has 0 aliphatic carbocycles. The topological polar surface area (TPSA) is 49.7 Å². The van der Waals surface area contributed by atoms with Crippen molar-refractivity contribution in [3.05, 3.63) is 64.1 Å². The molecule has 142 valence electrons. The van der Waals surface area contributed by atoms with Crippen LogP contribution >= 0.6 is 27.7 Å². The van der Waals surface area contributed by atoms with Crippen molar-refractivity contribution >= 4 is 48.4 Å². The Morgan fingerprint density at radius 1 is 1.15 bits per heavy atom. The summed E-state index contributed by atoms with van der Waals surface area (Å²) in [7, 11) is -3.22. The first-order valence-electron chi connectivity index (χ1n) is 8.22. The van der Waals surface area contributed by atoms with E-state index in [9.17, 15) is 17.2 Å². The van der Waals surface area contributed by atoms with Crippen LogP contribution in [0, 0.1) is 11.6 Å². The zero-order chi connectivity index (χ0) is 19.2. The second kappa shape index (κ2) is 7.18. The van der Waals surface area contributed by atoms with Gasteiger partial charge in [-0.3, -0.25) is 4.99 Å². The fourth-order valence-electron chi connectivity index (χ4n) is 3.32. The van der Waals surface area contributed by atoms with Gasteiger partial charge in [0.1, 0.15) is 11.6 Å². The van der Waals surface area contributed by atoms with Crippen LogP contribution in [0.3, 0.4) is 0 Å². The van der Waals surface area contributed by atoms with E-state index >= 15 is 0 Å². The lowest BCUT2D eigenvalue weighted by atomic mass is 10.1. The summed E-state index contributed by atoms with van der Waals surface area (Å²) >= 11 is 4.81. The maximum atomic E-state index is 14.4. The largest absolute Gasteiger partial charge is 0.312 e. The predicted octanol–water partition coefficient (Wildman–Crippen LogP) is 4.00. The molecular formula is C18H15BrF2N2O2S2. The molecule has 0 unspecified atom stereocenters. The first-order chi connectivity index (χ1) is 12.8. The smallest absolute Gasteiger partial charge is 0.164 e. The Hall–Kier alpha value is -1.45. The van der Waals surface area contributed by atoms with Crippen molar-refractivity contribution in [3.8, 4) is 0 Å². The monoisotopic (exact) mass is 472 g/mol. The third-order valence-corrected chi connectivity index (χ3v) is 7.82. The Labute approximate surface area is 168 Å². The number of hydrogen-bond acceptors (Lipinski definition) is 5. The first kappa shape index (κ1) is 18.9. The lowest BCUT2D eigenvalue weighted by Crippen LogP contribution is -2.39. The summed E-state index contributed by atoms with van der Waals surface area (Å²) in [4.78, 5) is 6.17. The van der Waals surface area contributed by atoms with E-state index < -0.39 is 33.6 Å². The maximum absolute atomic E-state index is 14.4. The minimum absolute atomic E-state index is 0.0423. The molecule has 4 nitrogen and oxygen atoms in total. The number of fused-ring (bicyclic) bond motifs is 1. The molecule has 2 heterocycles. The molecule has 0 bridgehead atoms. The summed E-state index contributed by atoms with van der Waals surface area (Å²) < 4.78 is 52.8. The minimum atomic E-state index is -3.22. The fraction of sp³-hybridized carbons (Fsp3) is 0.278. The molecule has 27 heavy (non-hydrogen) atoms. The van der Waals surface area contributed by atoms with Crippen molar-refractivity contribution in [3.63, 3.8) is 0 Å². The number of hydrogen-bond donors (Lipinski definition) is 0. The molecule has 0 N–H and O–H groups in total. The van der Waals surface area contributed by atoms with Gasteiger partial charge in [0.2, 0.25) is 0 Å². The van der Waals surface area contributed by atoms with Crippen LogP contribution in [0.25, 0.3) is 0 Å². The van der Waals surface area contributed by atoms with E-state index in [0.717, 1.165) is 16.1 Å². The van der Waals surface area contributed by atoms with Crippen molar-refractivity contribution in [2.45, 2.75) is 17.8 Å². The highest BCUT2D eigenvalue weighted by atomic mass is 79.9. The molecule has 0 amide bonds. The molecular weight excluding hydrogens is 458 g/mol. The van der Waals surface area contributed by atoms with Gasteiger partial charge in [-0.1, -0.05) is 39.8 Å². The maximum Gasteiger partial charge on any atom is 0.164 e. The summed E-state index contributed by atoms with van der Waals surface area (Å²) in [5.74, 6) is -0.916. The normalized spacial score (nSPS) is 23.4. The van der Waals surface area contributed by atoms with E-state index in [1.165, 1.54) is 23.9 Å². The predicted molar refractivity (Wildman–Crippen MR) is 108 cm³/mol. The second-order valence-electron chi connectivity index (χ2n) is 6.50. The SMILES string of the molecule is O=S1(=O)C[C@@H]2[C@@H](C1)N=C(SCc1ccc(Br)cc1)N2c1ccc(F)cc1F. The zero-order valence-electron chi connectivity index (χ0n) is 14.0. The quantitative estimate of drug-likeness (QED) is 0.677. The van der Waals surface area contributed by atoms with Crippen LogP contribution in [-0.4, -0.2) is 37.2 Å². The average molecular weight is 473 g/mol. The van der Waals surface area contributed by atoms with Crippen LogP contribution in [0.4, 0.5) is 14.5 Å². The van der Waals surface area contributed by atoms with Gasteiger partial charge in [0.15, 0.2) is 15.0 Å². The number of amidine groups is 1. The highest BCUT2D eigenvalue weighted by Gasteiger charge is 2.47. The van der Waals surface area contributed by atoms with Crippen molar-refractivity contribution in [2.75, 3.05) is 16.4 Å². The Morgan fingerprint density at radius 3 is 2.59 bits per heavy atom. The Morgan fingerprint density at radius 2 is 1.89 bits per heavy atom. The molecule has 2 atom stereocenters. The third kappa shape index (κ3) is 3.90. The van der Waals surface area contributed by atoms with Gasteiger partial charge >= 0.3 is 0 Å². The number of nitrogens with zero attached hydrogens (tertiary/aromatic N) is 2. The number of benzene rings is 2. The molecule has 2 aliphatic rings. The van der Waals surface area contributed by atoms with E-state index in [1.54, 1.807) is 4.90 Å². The van der Waals surface area contributed by atoms with Gasteiger partial charge in [-0.05, 0) is 29.8 Å². The summed E-state index contributed by atoms with van der Waals surface area (Å²) in [5, 5.41) is 0.563. The first-order valence-corrected chi connectivity index (χ1v) is 11.8. The summed E-state index contributed by atoms with van der Waals surface area (Å²) in [5.41, 5.74) is 1.22. The van der Waals surface area contributed by atoms with Crippen molar-refractivity contribution in [1.29, 1.82) is 0 Å². The number of rotatable bonds is 3. The second-order valence-corrected chi connectivity index (χ2v) is 10.5. The number of thioether (sulfide) groups is 1. The van der Waals surface area contributed by atoms with E-state index in [4.69, 9.17) is 0 Å². The average Bonchev–Trinajstić information content (AvgIpc) is 3.06. The lowest BCUT2D eigenvalue weighted by molar-refractivity contribution is 0.577. The van der Waals surface area contributed by atoms with Crippen LogP contribution in [-0.2, 0) is 15.6 Å². The summed E-state index contributed by atoms with van der Waals surface area (Å²) in [6, 6.07) is 10.3. The minimum Gasteiger partial charge on any atom is -0.312 e. The number of sulfone groups is 1. The van der Waals surface area contributed by atoms with Crippen molar-refractivity contribution in [1.82, 2.24) is 0 Å². The molecule has 1 fully saturated rings. The molecule has 0 spiro atoms. The molecule has 9 heteroatoms. The molecule has 0 radical (unpaired) electrons. The molecule has 2 aliphatic heterocycles. The number of halogens is 3. The highest BCUT2D eigenvalue weighted by Crippen LogP contribution is 2.37. The summed E-state index contributed by atoms with van der Waals surface area (Å²) in [6.07, 6.45) is 0. The van der Waals surface area contributed by atoms with E-state index in [0.29, 0.717) is 10.9 Å². The van der Waals surface area contributed by atoms with E-state index in [-0.39, 0.29) is 17.2 Å². The lowest BCUT2D eigenvalue weighted by Gasteiger charge is -2.26. The van der Waals surface area contributed by atoms with Gasteiger partial charge in [0, 0.05) is 16.3 Å². The molecule has 0 saturated carbocycles. The Bertz CT molecular complexity index is 1010. The van der Waals surface area contributed by atoms with Gasteiger partial charge in [0.25, 0.3) is 0 Å². The van der Waals surface area contributed by atoms with Crippen LogP contribution in [0.5, 0.6) is 0 Å². The van der Waals surface area contributed by atoms with E-state index in [2.05, 4.69) is 20.9 Å². The zero-order valence-corrected chi connectivity index (χ0v) is 17.2. The van der Waals surface area contributed by atoms with Gasteiger partial charge in [-0.2, -0.15) is 0 Å². The van der Waals surface area contributed by atoms with Crippen molar-refractivity contribution in [2.24, 2.45) is 4.99 Å². The van der Waals surface area contributed by atoms with Gasteiger partial charge in [0.05, 0.1) is 29.3 Å². The standard InChI is InChI=1S/C18H15BrF2N2O2S2/c19-12-3-1-11(2-4-12)8-26-18-22-15-9-27(24,25)10-17(15)23(18)16-6-5-13(20)7-14(16)21/h1-7,15,17H,8-10H2/t15-,17-/m1/s1. The van der Waals surface area contributed by atoms with Crippen LogP contribution in [0.15, 0.2) is 51.9 Å². The molecule has 2 aromatic carbocycles. The van der Waals surface area contributed by atoms with Gasteiger partial charge < -0.3 is 4.90 Å². The molecule has 0 aromatic heterocycles. The molecule has 4 rings (SSSR count).